The Morgan fingerprint density at radius 1 is 1.19 bits per heavy atom. The summed E-state index contributed by atoms with van der Waals surface area (Å²) in [5.74, 6) is 1.48. The van der Waals surface area contributed by atoms with Crippen LogP contribution in [0, 0.1) is 0 Å². The van der Waals surface area contributed by atoms with E-state index in [1.54, 1.807) is 13.0 Å². The summed E-state index contributed by atoms with van der Waals surface area (Å²) in [6.45, 7) is 6.60. The molecule has 198 valence electrons. The molecular formula is C26H35FN8OS. The minimum absolute atomic E-state index is 0.0312. The van der Waals surface area contributed by atoms with Crippen molar-refractivity contribution in [3.05, 3.63) is 42.1 Å². The zero-order chi connectivity index (χ0) is 26.4. The number of aromatic nitrogens is 2. The van der Waals surface area contributed by atoms with E-state index in [9.17, 15) is 9.18 Å². The molecule has 1 aromatic carbocycles. The molecule has 0 spiro atoms. The number of benzene rings is 1. The molecule has 3 heterocycles. The number of allylic oxidation sites excluding steroid dienone is 1. The number of amides is 1. The predicted octanol–water partition coefficient (Wildman–Crippen LogP) is 3.84. The van der Waals surface area contributed by atoms with Gasteiger partial charge in [0, 0.05) is 61.0 Å². The van der Waals surface area contributed by atoms with Crippen molar-refractivity contribution < 1.29 is 9.18 Å². The molecule has 0 radical (unpaired) electrons. The van der Waals surface area contributed by atoms with Crippen molar-refractivity contribution in [2.24, 2.45) is 16.5 Å². The molecule has 2 aliphatic heterocycles. The second-order valence-corrected chi connectivity index (χ2v) is 10.5. The Kier molecular flexibility index (Phi) is 8.99. The molecular weight excluding hydrogens is 491 g/mol. The van der Waals surface area contributed by atoms with Crippen molar-refractivity contribution in [1.82, 2.24) is 14.9 Å². The first-order valence-electron chi connectivity index (χ1n) is 12.7. The number of anilines is 2. The largest absolute Gasteiger partial charge is 0.402 e. The summed E-state index contributed by atoms with van der Waals surface area (Å²) in [4.78, 5) is 31.0. The zero-order valence-corrected chi connectivity index (χ0v) is 22.2. The minimum Gasteiger partial charge on any atom is -0.402 e. The van der Waals surface area contributed by atoms with Gasteiger partial charge in [0.15, 0.2) is 11.0 Å². The lowest BCUT2D eigenvalue weighted by atomic mass is 10.0. The van der Waals surface area contributed by atoms with E-state index < -0.39 is 6.17 Å². The third-order valence-corrected chi connectivity index (χ3v) is 7.31. The van der Waals surface area contributed by atoms with Crippen LogP contribution in [0.5, 0.6) is 0 Å². The number of amidine groups is 1. The second kappa shape index (κ2) is 12.4. The van der Waals surface area contributed by atoms with E-state index in [2.05, 4.69) is 25.1 Å². The highest BCUT2D eigenvalue weighted by Crippen LogP contribution is 2.31. The lowest BCUT2D eigenvalue weighted by Crippen LogP contribution is -2.44. The maximum atomic E-state index is 13.7. The summed E-state index contributed by atoms with van der Waals surface area (Å²) in [6.07, 6.45) is 3.87. The van der Waals surface area contributed by atoms with Crippen molar-refractivity contribution >= 4 is 40.8 Å². The Labute approximate surface area is 221 Å². The Bertz CT molecular complexity index is 1140. The number of alkyl halides is 1. The smallest absolute Gasteiger partial charge is 0.224 e. The van der Waals surface area contributed by atoms with Crippen LogP contribution in [0.15, 0.2) is 57.1 Å². The molecule has 1 amide bonds. The first-order valence-corrected chi connectivity index (χ1v) is 13.5. The molecule has 0 bridgehead atoms. The Balaban J connectivity index is 1.52. The fourth-order valence-electron chi connectivity index (χ4n) is 4.56. The lowest BCUT2D eigenvalue weighted by molar-refractivity contribution is -0.115. The van der Waals surface area contributed by atoms with Gasteiger partial charge < -0.3 is 21.7 Å². The number of nitrogens with zero attached hydrogens (tertiary/aromatic N) is 5. The van der Waals surface area contributed by atoms with Crippen LogP contribution >= 0.6 is 11.8 Å². The van der Waals surface area contributed by atoms with Crippen molar-refractivity contribution in [3.63, 3.8) is 0 Å². The number of carbonyl (C=O) groups excluding carboxylic acids is 1. The average Bonchev–Trinajstić information content (AvgIpc) is 3.31. The highest BCUT2D eigenvalue weighted by molar-refractivity contribution is 7.99. The molecule has 2 fully saturated rings. The number of halogens is 1. The molecule has 4 rings (SSSR count). The number of nitrogens with one attached hydrogen (secondary N) is 1. The molecule has 2 aromatic rings. The zero-order valence-electron chi connectivity index (χ0n) is 21.4. The topological polar surface area (TPSA) is 126 Å². The molecule has 2 saturated heterocycles. The van der Waals surface area contributed by atoms with E-state index in [1.807, 2.05) is 37.3 Å². The van der Waals surface area contributed by atoms with Crippen LogP contribution in [-0.4, -0.2) is 65.0 Å². The quantitative estimate of drug-likeness (QED) is 0.269. The van der Waals surface area contributed by atoms with Gasteiger partial charge in [-0.3, -0.25) is 9.69 Å². The molecule has 0 saturated carbocycles. The summed E-state index contributed by atoms with van der Waals surface area (Å²) in [7, 11) is 0. The highest BCUT2D eigenvalue weighted by atomic mass is 32.2. The minimum atomic E-state index is -0.700. The fourth-order valence-corrected chi connectivity index (χ4v) is 5.32. The van der Waals surface area contributed by atoms with Crippen LogP contribution in [0.2, 0.25) is 0 Å². The second-order valence-electron chi connectivity index (χ2n) is 9.42. The standard InChI is InChI=1S/C26H35FN8OS/c1-3-25(36)30-19-4-6-21(7-5-19)37-26-32-23(31-22(29)14-17(2)28)15-24(33-26)34-12-9-20(10-13-34)35-11-8-18(27)16-35/h4-7,14-15,18,20H,3,8-13,16,28H2,1-2H3,(H,30,36)(H2,29,31,32,33)/b17-14-. The lowest BCUT2D eigenvalue weighted by Gasteiger charge is -2.37. The van der Waals surface area contributed by atoms with Gasteiger partial charge in [-0.2, -0.15) is 0 Å². The molecule has 9 nitrogen and oxygen atoms in total. The highest BCUT2D eigenvalue weighted by Gasteiger charge is 2.31. The maximum absolute atomic E-state index is 13.7. The van der Waals surface area contributed by atoms with Gasteiger partial charge in [0.2, 0.25) is 5.91 Å². The van der Waals surface area contributed by atoms with Gasteiger partial charge in [-0.1, -0.05) is 6.92 Å². The van der Waals surface area contributed by atoms with E-state index in [-0.39, 0.29) is 11.7 Å². The number of nitrogens with two attached hydrogens (primary N) is 2. The van der Waals surface area contributed by atoms with E-state index in [0.29, 0.717) is 42.1 Å². The summed E-state index contributed by atoms with van der Waals surface area (Å²) in [6, 6.07) is 9.80. The van der Waals surface area contributed by atoms with Crippen LogP contribution in [0.25, 0.3) is 0 Å². The summed E-state index contributed by atoms with van der Waals surface area (Å²) >= 11 is 1.41. The van der Waals surface area contributed by atoms with Gasteiger partial charge in [0.1, 0.15) is 17.8 Å². The van der Waals surface area contributed by atoms with Crippen molar-refractivity contribution in [2.45, 2.75) is 61.8 Å². The van der Waals surface area contributed by atoms with Crippen LogP contribution in [-0.2, 0) is 4.79 Å². The molecule has 5 N–H and O–H groups in total. The Hall–Kier alpha value is -3.18. The number of piperidine rings is 1. The summed E-state index contributed by atoms with van der Waals surface area (Å²) in [5, 5.41) is 3.40. The molecule has 0 aliphatic carbocycles. The van der Waals surface area contributed by atoms with E-state index >= 15 is 0 Å². The van der Waals surface area contributed by atoms with Crippen molar-refractivity contribution in [3.8, 4) is 0 Å². The number of likely N-dealkylation sites (tertiary alicyclic amines) is 1. The SMILES string of the molecule is CCC(=O)Nc1ccc(Sc2nc(/N=C(N)/C=C(/C)N)cc(N3CCC(N4CCC(F)C4)CC3)n2)cc1. The first-order chi connectivity index (χ1) is 17.8. The van der Waals surface area contributed by atoms with Crippen LogP contribution in [0.1, 0.15) is 39.5 Å². The van der Waals surface area contributed by atoms with Crippen molar-refractivity contribution in [2.75, 3.05) is 36.4 Å². The molecule has 1 atom stereocenters. The Morgan fingerprint density at radius 3 is 2.54 bits per heavy atom. The molecule has 11 heteroatoms. The van der Waals surface area contributed by atoms with Gasteiger partial charge in [0.05, 0.1) is 0 Å². The van der Waals surface area contributed by atoms with Gasteiger partial charge in [0.25, 0.3) is 0 Å². The summed E-state index contributed by atoms with van der Waals surface area (Å²) in [5.41, 5.74) is 13.1. The third-order valence-electron chi connectivity index (χ3n) is 6.43. The summed E-state index contributed by atoms with van der Waals surface area (Å²) < 4.78 is 13.7. The van der Waals surface area contributed by atoms with Gasteiger partial charge in [-0.05, 0) is 68.3 Å². The van der Waals surface area contributed by atoms with E-state index in [4.69, 9.17) is 16.5 Å². The first kappa shape index (κ1) is 26.9. The number of rotatable bonds is 8. The Morgan fingerprint density at radius 2 is 1.92 bits per heavy atom. The van der Waals surface area contributed by atoms with Gasteiger partial charge >= 0.3 is 0 Å². The van der Waals surface area contributed by atoms with Gasteiger partial charge in [-0.15, -0.1) is 0 Å². The van der Waals surface area contributed by atoms with Crippen molar-refractivity contribution in [1.29, 1.82) is 0 Å². The molecule has 1 unspecified atom stereocenters. The number of aliphatic imine (C=N–C) groups is 1. The van der Waals surface area contributed by atoms with Crippen LogP contribution < -0.4 is 21.7 Å². The van der Waals surface area contributed by atoms with E-state index in [0.717, 1.165) is 48.9 Å². The van der Waals surface area contributed by atoms with Crippen LogP contribution in [0.3, 0.4) is 0 Å². The fraction of sp³-hybridized carbons (Fsp3) is 0.462. The average molecular weight is 527 g/mol. The predicted molar refractivity (Wildman–Crippen MR) is 147 cm³/mol. The molecule has 37 heavy (non-hydrogen) atoms. The molecule has 1 aromatic heterocycles. The molecule has 2 aliphatic rings. The van der Waals surface area contributed by atoms with Gasteiger partial charge in [-0.25, -0.2) is 19.4 Å². The number of hydrogen-bond donors (Lipinski definition) is 3. The van der Waals surface area contributed by atoms with E-state index in [1.165, 1.54) is 11.8 Å². The monoisotopic (exact) mass is 526 g/mol. The van der Waals surface area contributed by atoms with Crippen LogP contribution in [0.4, 0.5) is 21.7 Å². The normalized spacial score (nSPS) is 19.9. The third kappa shape index (κ3) is 7.65. The number of carbonyl (C=O) groups is 1. The maximum Gasteiger partial charge on any atom is 0.224 e. The number of hydrogen-bond acceptors (Lipinski definition) is 8.